The van der Waals surface area contributed by atoms with Gasteiger partial charge >= 0.3 is 5.97 Å². The van der Waals surface area contributed by atoms with Crippen molar-refractivity contribution >= 4 is 23.0 Å². The maximum absolute atomic E-state index is 14.5. The first-order valence-electron chi connectivity index (χ1n) is 7.73. The minimum Gasteiger partial charge on any atom is -0.434 e. The van der Waals surface area contributed by atoms with Crippen molar-refractivity contribution in [3.8, 4) is 0 Å². The van der Waals surface area contributed by atoms with E-state index in [-0.39, 0.29) is 5.91 Å². The van der Waals surface area contributed by atoms with Gasteiger partial charge in [0.25, 0.3) is 0 Å². The Labute approximate surface area is 139 Å². The third kappa shape index (κ3) is 3.10. The van der Waals surface area contributed by atoms with Gasteiger partial charge < -0.3 is 14.8 Å². The Bertz CT molecular complexity index is 766. The molecule has 2 aliphatic rings. The lowest BCUT2D eigenvalue weighted by atomic mass is 9.96. The number of hydrogen-bond donors (Lipinski definition) is 1. The van der Waals surface area contributed by atoms with Gasteiger partial charge in [-0.15, -0.1) is 0 Å². The molecule has 6 heteroatoms. The highest BCUT2D eigenvalue weighted by molar-refractivity contribution is 6.19. The van der Waals surface area contributed by atoms with Crippen LogP contribution in [0.5, 0.6) is 0 Å². The summed E-state index contributed by atoms with van der Waals surface area (Å²) >= 11 is 0. The highest BCUT2D eigenvalue weighted by Gasteiger charge is 2.33. The summed E-state index contributed by atoms with van der Waals surface area (Å²) in [6.45, 7) is 4.08. The predicted octanol–water partition coefficient (Wildman–Crippen LogP) is 2.42. The number of hydrogen-bond acceptors (Lipinski definition) is 4. The van der Waals surface area contributed by atoms with E-state index in [1.54, 1.807) is 19.1 Å². The number of halogens is 1. The van der Waals surface area contributed by atoms with Crippen LogP contribution >= 0.6 is 0 Å². The quantitative estimate of drug-likeness (QED) is 0.864. The normalized spacial score (nSPS) is 20.7. The molecule has 1 N–H and O–H groups in total. The topological polar surface area (TPSA) is 64.6 Å². The van der Waals surface area contributed by atoms with E-state index in [2.05, 4.69) is 5.32 Å². The Hall–Kier alpha value is -2.47. The molecule has 1 aromatic rings. The number of cyclic esters (lactones) is 1. The summed E-state index contributed by atoms with van der Waals surface area (Å²) < 4.78 is 24.9. The predicted molar refractivity (Wildman–Crippen MR) is 86.1 cm³/mol. The van der Waals surface area contributed by atoms with Gasteiger partial charge in [-0.25, -0.2) is 9.18 Å². The molecule has 0 unspecified atom stereocenters. The van der Waals surface area contributed by atoms with Crippen molar-refractivity contribution in [3.05, 3.63) is 46.8 Å². The minimum absolute atomic E-state index is 0.292. The van der Waals surface area contributed by atoms with Gasteiger partial charge in [-0.3, -0.25) is 4.79 Å². The molecule has 0 spiro atoms. The van der Waals surface area contributed by atoms with Crippen molar-refractivity contribution in [2.45, 2.75) is 26.5 Å². The molecule has 0 saturated carbocycles. The second-order valence-electron chi connectivity index (χ2n) is 5.79. The van der Waals surface area contributed by atoms with E-state index < -0.39 is 18.0 Å². The molecule has 3 rings (SSSR count). The molecule has 1 atom stereocenters. The zero-order chi connectivity index (χ0) is 17.3. The molecular weight excluding hydrogens is 313 g/mol. The van der Waals surface area contributed by atoms with Crippen LogP contribution in [0.2, 0.25) is 0 Å². The smallest absolute Gasteiger partial charge is 0.341 e. The maximum atomic E-state index is 14.5. The molecule has 0 bridgehead atoms. The summed E-state index contributed by atoms with van der Waals surface area (Å²) in [5, 5.41) is 2.54. The van der Waals surface area contributed by atoms with Gasteiger partial charge in [0.1, 0.15) is 5.82 Å². The molecule has 2 aliphatic heterocycles. The van der Waals surface area contributed by atoms with E-state index in [0.29, 0.717) is 41.9 Å². The number of rotatable bonds is 3. The van der Waals surface area contributed by atoms with Crippen molar-refractivity contribution in [2.75, 3.05) is 13.2 Å². The molecule has 2 heterocycles. The third-order valence-corrected chi connectivity index (χ3v) is 4.12. The van der Waals surface area contributed by atoms with Crippen LogP contribution in [-0.4, -0.2) is 31.3 Å². The number of ether oxygens (including phenoxy) is 2. The summed E-state index contributed by atoms with van der Waals surface area (Å²) in [6.07, 6.45) is 1.72. The summed E-state index contributed by atoms with van der Waals surface area (Å²) in [7, 11) is 0. The Morgan fingerprint density at radius 1 is 1.38 bits per heavy atom. The van der Waals surface area contributed by atoms with Crippen molar-refractivity contribution in [1.82, 2.24) is 5.32 Å². The highest BCUT2D eigenvalue weighted by Crippen LogP contribution is 2.32. The van der Waals surface area contributed by atoms with Gasteiger partial charge in [0, 0.05) is 18.1 Å². The first-order valence-corrected chi connectivity index (χ1v) is 7.73. The van der Waals surface area contributed by atoms with Gasteiger partial charge in [0.15, 0.2) is 6.23 Å². The molecule has 1 amide bonds. The lowest BCUT2D eigenvalue weighted by Crippen LogP contribution is -2.34. The fourth-order valence-electron chi connectivity index (χ4n) is 2.92. The molecule has 1 aromatic carbocycles. The van der Waals surface area contributed by atoms with Crippen molar-refractivity contribution < 1.29 is 23.5 Å². The van der Waals surface area contributed by atoms with Gasteiger partial charge in [-0.2, -0.15) is 0 Å². The van der Waals surface area contributed by atoms with Crippen molar-refractivity contribution in [3.63, 3.8) is 0 Å². The number of esters is 1. The lowest BCUT2D eigenvalue weighted by molar-refractivity contribution is -0.140. The largest absolute Gasteiger partial charge is 0.434 e. The van der Waals surface area contributed by atoms with Gasteiger partial charge in [-0.05, 0) is 30.5 Å². The summed E-state index contributed by atoms with van der Waals surface area (Å²) in [6, 6.07) is 4.70. The molecule has 0 aromatic heterocycles. The molecular formula is C18H18FNO4. The van der Waals surface area contributed by atoms with E-state index in [9.17, 15) is 14.0 Å². The van der Waals surface area contributed by atoms with Gasteiger partial charge in [-0.1, -0.05) is 18.2 Å². The van der Waals surface area contributed by atoms with E-state index in [1.165, 1.54) is 13.0 Å². The van der Waals surface area contributed by atoms with Crippen LogP contribution in [0.25, 0.3) is 11.1 Å². The van der Waals surface area contributed by atoms with Crippen LogP contribution in [0.3, 0.4) is 0 Å². The lowest BCUT2D eigenvalue weighted by Gasteiger charge is -2.15. The fourth-order valence-corrected chi connectivity index (χ4v) is 2.92. The highest BCUT2D eigenvalue weighted by atomic mass is 19.1. The Kier molecular flexibility index (Phi) is 4.49. The number of carbonyl (C=O) groups excluding carboxylic acids is 2. The summed E-state index contributed by atoms with van der Waals surface area (Å²) in [4.78, 5) is 23.3. The molecule has 126 valence electrons. The number of nitrogens with one attached hydrogen (secondary N) is 1. The third-order valence-electron chi connectivity index (χ3n) is 4.12. The zero-order valence-corrected chi connectivity index (χ0v) is 13.5. The van der Waals surface area contributed by atoms with Gasteiger partial charge in [0.2, 0.25) is 5.91 Å². The van der Waals surface area contributed by atoms with Crippen LogP contribution in [0, 0.1) is 5.82 Å². The SMILES string of the molecule is CC(=O)N[C@@H]1OC(=O)C(c2ccc(C3=CCOCC3)c(F)c2)=C1C. The number of benzene rings is 1. The van der Waals surface area contributed by atoms with E-state index >= 15 is 0 Å². The molecule has 0 saturated heterocycles. The number of amides is 1. The average Bonchev–Trinajstić information content (AvgIpc) is 2.81. The second-order valence-corrected chi connectivity index (χ2v) is 5.79. The van der Waals surface area contributed by atoms with Crippen LogP contribution in [0.4, 0.5) is 4.39 Å². The summed E-state index contributed by atoms with van der Waals surface area (Å²) in [5.41, 5.74) is 2.72. The summed E-state index contributed by atoms with van der Waals surface area (Å²) in [5.74, 6) is -1.26. The Morgan fingerprint density at radius 3 is 2.79 bits per heavy atom. The first-order chi connectivity index (χ1) is 11.5. The zero-order valence-electron chi connectivity index (χ0n) is 13.5. The van der Waals surface area contributed by atoms with E-state index in [1.807, 2.05) is 6.08 Å². The number of carbonyl (C=O) groups is 2. The Morgan fingerprint density at radius 2 is 2.17 bits per heavy atom. The molecule has 24 heavy (non-hydrogen) atoms. The van der Waals surface area contributed by atoms with Crippen LogP contribution in [0.15, 0.2) is 29.8 Å². The van der Waals surface area contributed by atoms with Crippen molar-refractivity contribution in [1.29, 1.82) is 0 Å². The first kappa shape index (κ1) is 16.4. The standard InChI is InChI=1S/C18H18FNO4/c1-10-16(18(22)24-17(10)20-11(2)21)13-3-4-14(15(19)9-13)12-5-7-23-8-6-12/h3-5,9,17H,6-8H2,1-2H3,(H,20,21)/t17-/m1/s1. The van der Waals surface area contributed by atoms with Crippen LogP contribution in [-0.2, 0) is 19.1 Å². The van der Waals surface area contributed by atoms with Gasteiger partial charge in [0.05, 0.1) is 18.8 Å². The van der Waals surface area contributed by atoms with Crippen LogP contribution < -0.4 is 5.32 Å². The molecule has 0 aliphatic carbocycles. The van der Waals surface area contributed by atoms with Crippen molar-refractivity contribution in [2.24, 2.45) is 0 Å². The molecule has 0 radical (unpaired) electrons. The second kappa shape index (κ2) is 6.57. The Balaban J connectivity index is 1.93. The van der Waals surface area contributed by atoms with E-state index in [0.717, 1.165) is 5.57 Å². The molecule has 0 fully saturated rings. The van der Waals surface area contributed by atoms with E-state index in [4.69, 9.17) is 9.47 Å². The van der Waals surface area contributed by atoms with Crippen LogP contribution in [0.1, 0.15) is 31.4 Å². The molecule has 5 nitrogen and oxygen atoms in total. The monoisotopic (exact) mass is 331 g/mol. The minimum atomic E-state index is -0.800. The maximum Gasteiger partial charge on any atom is 0.341 e. The fraction of sp³-hybridized carbons (Fsp3) is 0.333. The average molecular weight is 331 g/mol.